The van der Waals surface area contributed by atoms with Gasteiger partial charge in [-0.25, -0.2) is 13.6 Å². The molecule has 0 atom stereocenters. The summed E-state index contributed by atoms with van der Waals surface area (Å²) in [5.41, 5.74) is 5.84. The van der Waals surface area contributed by atoms with Crippen molar-refractivity contribution in [3.63, 3.8) is 0 Å². The molecule has 2 aliphatic heterocycles. The van der Waals surface area contributed by atoms with Gasteiger partial charge in [-0.2, -0.15) is 5.10 Å². The first-order chi connectivity index (χ1) is 16.9. The van der Waals surface area contributed by atoms with Crippen LogP contribution in [0.1, 0.15) is 42.0 Å². The predicted molar refractivity (Wildman–Crippen MR) is 132 cm³/mol. The normalized spacial score (nSPS) is 15.3. The molecule has 0 N–H and O–H groups in total. The van der Waals surface area contributed by atoms with Crippen LogP contribution < -0.4 is 4.90 Å². The van der Waals surface area contributed by atoms with Crippen molar-refractivity contribution in [2.75, 3.05) is 24.6 Å². The van der Waals surface area contributed by atoms with Gasteiger partial charge in [-0.15, -0.1) is 0 Å². The Bertz CT molecular complexity index is 1280. The van der Waals surface area contributed by atoms with E-state index >= 15 is 0 Å². The highest BCUT2D eigenvalue weighted by atomic mass is 35.5. The molecule has 184 valence electrons. The molecule has 2 aliphatic rings. The third kappa shape index (κ3) is 4.47. The fourth-order valence-electron chi connectivity index (χ4n) is 5.11. The van der Waals surface area contributed by atoms with Crippen LogP contribution >= 0.6 is 11.6 Å². The molecular formula is C26H27ClF2N4O2. The first kappa shape index (κ1) is 23.6. The zero-order chi connectivity index (χ0) is 24.7. The van der Waals surface area contributed by atoms with E-state index in [-0.39, 0.29) is 11.7 Å². The summed E-state index contributed by atoms with van der Waals surface area (Å²) < 4.78 is 35.3. The number of rotatable bonds is 4. The molecule has 3 aromatic rings. The molecule has 0 aliphatic carbocycles. The fraction of sp³-hybridized carbons (Fsp3) is 0.385. The fourth-order valence-corrected chi connectivity index (χ4v) is 5.34. The maximum atomic E-state index is 14.2. The average Bonchev–Trinajstić information content (AvgIpc) is 3.28. The molecule has 1 amide bonds. The van der Waals surface area contributed by atoms with Crippen LogP contribution in [0.5, 0.6) is 0 Å². The number of amides is 1. The van der Waals surface area contributed by atoms with Gasteiger partial charge < -0.3 is 14.5 Å². The van der Waals surface area contributed by atoms with E-state index in [0.717, 1.165) is 40.9 Å². The van der Waals surface area contributed by atoms with Crippen molar-refractivity contribution in [1.82, 2.24) is 14.7 Å². The third-order valence-corrected chi connectivity index (χ3v) is 6.94. The van der Waals surface area contributed by atoms with Gasteiger partial charge in [-0.05, 0) is 72.7 Å². The first-order valence-electron chi connectivity index (χ1n) is 11.8. The number of halogens is 3. The molecule has 2 aromatic carbocycles. The summed E-state index contributed by atoms with van der Waals surface area (Å²) >= 11 is 6.50. The molecule has 6 nitrogen and oxygen atoms in total. The van der Waals surface area contributed by atoms with Crippen LogP contribution in [0, 0.1) is 0 Å². The summed E-state index contributed by atoms with van der Waals surface area (Å²) in [6, 6.07) is 7.30. The maximum Gasteiger partial charge on any atom is 0.410 e. The summed E-state index contributed by atoms with van der Waals surface area (Å²) in [4.78, 5) is 16.2. The van der Waals surface area contributed by atoms with Crippen molar-refractivity contribution in [2.45, 2.75) is 39.2 Å². The number of aryl methyl sites for hydroxylation is 2. The number of alkyl halides is 2. The van der Waals surface area contributed by atoms with Crippen LogP contribution in [0.3, 0.4) is 0 Å². The molecule has 0 spiro atoms. The summed E-state index contributed by atoms with van der Waals surface area (Å²) in [7, 11) is 1.77. The minimum Gasteiger partial charge on any atom is -0.450 e. The zero-order valence-corrected chi connectivity index (χ0v) is 20.5. The SMILES string of the molecule is CCOC(=O)N1CCc2cc(Cl)cc(N3CCCc4cc(-c5cnn(C)c5)c(C(F)F)cc43)c2C1. The molecule has 0 fully saturated rings. The minimum atomic E-state index is -2.63. The van der Waals surface area contributed by atoms with E-state index in [1.54, 1.807) is 42.0 Å². The second-order valence-corrected chi connectivity index (χ2v) is 9.40. The van der Waals surface area contributed by atoms with Gasteiger partial charge in [0, 0.05) is 53.9 Å². The van der Waals surface area contributed by atoms with Crippen LogP contribution in [0.2, 0.25) is 5.02 Å². The van der Waals surface area contributed by atoms with Gasteiger partial charge in [0.05, 0.1) is 19.3 Å². The van der Waals surface area contributed by atoms with Gasteiger partial charge in [-0.1, -0.05) is 11.6 Å². The summed E-state index contributed by atoms with van der Waals surface area (Å²) in [6.45, 7) is 3.71. The molecule has 35 heavy (non-hydrogen) atoms. The number of ether oxygens (including phenoxy) is 1. The predicted octanol–water partition coefficient (Wildman–Crippen LogP) is 6.28. The van der Waals surface area contributed by atoms with Gasteiger partial charge in [0.1, 0.15) is 0 Å². The number of carbonyl (C=O) groups excluding carboxylic acids is 1. The number of carbonyl (C=O) groups is 1. The number of aromatic nitrogens is 2. The second kappa shape index (κ2) is 9.49. The van der Waals surface area contributed by atoms with E-state index in [9.17, 15) is 13.6 Å². The van der Waals surface area contributed by atoms with Crippen molar-refractivity contribution in [2.24, 2.45) is 7.05 Å². The van der Waals surface area contributed by atoms with Gasteiger partial charge in [0.15, 0.2) is 0 Å². The van der Waals surface area contributed by atoms with E-state index in [4.69, 9.17) is 16.3 Å². The Morgan fingerprint density at radius 2 is 1.97 bits per heavy atom. The number of hydrogen-bond donors (Lipinski definition) is 0. The Morgan fingerprint density at radius 1 is 1.14 bits per heavy atom. The van der Waals surface area contributed by atoms with Gasteiger partial charge in [0.25, 0.3) is 6.43 Å². The molecule has 0 saturated heterocycles. The van der Waals surface area contributed by atoms with Crippen molar-refractivity contribution in [3.05, 3.63) is 63.9 Å². The number of anilines is 2. The molecule has 5 rings (SSSR count). The van der Waals surface area contributed by atoms with Crippen molar-refractivity contribution in [3.8, 4) is 11.1 Å². The van der Waals surface area contributed by atoms with Crippen LogP contribution in [-0.2, 0) is 31.2 Å². The molecule has 0 radical (unpaired) electrons. The lowest BCUT2D eigenvalue weighted by atomic mass is 9.91. The summed E-state index contributed by atoms with van der Waals surface area (Å²) in [5, 5.41) is 4.76. The topological polar surface area (TPSA) is 50.6 Å². The highest BCUT2D eigenvalue weighted by Crippen LogP contribution is 2.44. The van der Waals surface area contributed by atoms with Crippen molar-refractivity contribution in [1.29, 1.82) is 0 Å². The van der Waals surface area contributed by atoms with Crippen LogP contribution in [0.25, 0.3) is 11.1 Å². The lowest BCUT2D eigenvalue weighted by Crippen LogP contribution is -2.37. The summed E-state index contributed by atoms with van der Waals surface area (Å²) in [6.07, 6.45) is 2.71. The molecule has 0 bridgehead atoms. The molecular weight excluding hydrogens is 474 g/mol. The lowest BCUT2D eigenvalue weighted by molar-refractivity contribution is 0.103. The second-order valence-electron chi connectivity index (χ2n) is 8.96. The lowest BCUT2D eigenvalue weighted by Gasteiger charge is -2.37. The smallest absolute Gasteiger partial charge is 0.410 e. The molecule has 9 heteroatoms. The van der Waals surface area contributed by atoms with Crippen molar-refractivity contribution >= 4 is 29.1 Å². The van der Waals surface area contributed by atoms with E-state index < -0.39 is 6.43 Å². The Labute approximate surface area is 208 Å². The van der Waals surface area contributed by atoms with Gasteiger partial charge in [-0.3, -0.25) is 4.68 Å². The molecule has 0 unspecified atom stereocenters. The summed E-state index contributed by atoms with van der Waals surface area (Å²) in [5.74, 6) is 0. The van der Waals surface area contributed by atoms with Crippen LogP contribution in [-0.4, -0.2) is 40.5 Å². The number of fused-ring (bicyclic) bond motifs is 2. The monoisotopic (exact) mass is 500 g/mol. The number of hydrogen-bond acceptors (Lipinski definition) is 4. The van der Waals surface area contributed by atoms with Gasteiger partial charge in [0.2, 0.25) is 0 Å². The largest absolute Gasteiger partial charge is 0.450 e. The Morgan fingerprint density at radius 3 is 2.69 bits per heavy atom. The van der Waals surface area contributed by atoms with Gasteiger partial charge >= 0.3 is 6.09 Å². The maximum absolute atomic E-state index is 14.2. The number of nitrogens with zero attached hydrogens (tertiary/aromatic N) is 4. The van der Waals surface area contributed by atoms with E-state index in [0.29, 0.717) is 48.8 Å². The highest BCUT2D eigenvalue weighted by molar-refractivity contribution is 6.31. The standard InChI is InChI=1S/C26H27ClF2N4O2/c1-3-35-26(34)32-8-6-16-9-19(27)11-24(22(16)15-32)33-7-4-5-17-10-20(18-13-30-31(2)14-18)21(25(28)29)12-23(17)33/h9-14,25H,3-8,15H2,1-2H3. The average molecular weight is 501 g/mol. The van der Waals surface area contributed by atoms with Crippen LogP contribution in [0.4, 0.5) is 25.0 Å². The highest BCUT2D eigenvalue weighted by Gasteiger charge is 2.30. The minimum absolute atomic E-state index is 0.0207. The first-order valence-corrected chi connectivity index (χ1v) is 12.2. The Kier molecular flexibility index (Phi) is 6.40. The Hall–Kier alpha value is -3.13. The molecule has 0 saturated carbocycles. The zero-order valence-electron chi connectivity index (χ0n) is 19.7. The Balaban J connectivity index is 1.60. The molecule has 1 aromatic heterocycles. The van der Waals surface area contributed by atoms with Crippen molar-refractivity contribution < 1.29 is 18.3 Å². The number of benzene rings is 2. The van der Waals surface area contributed by atoms with E-state index in [1.165, 1.54) is 0 Å². The quantitative estimate of drug-likeness (QED) is 0.423. The van der Waals surface area contributed by atoms with E-state index in [1.807, 2.05) is 18.2 Å². The van der Waals surface area contributed by atoms with E-state index in [2.05, 4.69) is 10.00 Å². The third-order valence-electron chi connectivity index (χ3n) is 6.72. The molecule has 3 heterocycles. The van der Waals surface area contributed by atoms with Crippen LogP contribution in [0.15, 0.2) is 36.7 Å².